The van der Waals surface area contributed by atoms with E-state index in [0.717, 1.165) is 18.4 Å². The lowest BCUT2D eigenvalue weighted by molar-refractivity contribution is -0.119. The number of amides is 1. The second kappa shape index (κ2) is 7.79. The molecule has 1 unspecified atom stereocenters. The van der Waals surface area contributed by atoms with Crippen molar-refractivity contribution in [2.75, 3.05) is 18.9 Å². The fourth-order valence-electron chi connectivity index (χ4n) is 2.68. The molecule has 0 aliphatic carbocycles. The highest BCUT2D eigenvalue weighted by Crippen LogP contribution is 2.20. The molecule has 2 aromatic rings. The monoisotopic (exact) mass is 364 g/mol. The van der Waals surface area contributed by atoms with Gasteiger partial charge in [0.25, 0.3) is 0 Å². The van der Waals surface area contributed by atoms with Gasteiger partial charge in [-0.3, -0.25) is 4.79 Å². The Morgan fingerprint density at radius 3 is 2.80 bits per heavy atom. The molecule has 3 rings (SSSR count). The predicted molar refractivity (Wildman–Crippen MR) is 91.4 cm³/mol. The summed E-state index contributed by atoms with van der Waals surface area (Å²) >= 11 is 0. The first-order valence-electron chi connectivity index (χ1n) is 8.11. The Kier molecular flexibility index (Phi) is 5.50. The van der Waals surface area contributed by atoms with Crippen LogP contribution in [0.2, 0.25) is 0 Å². The minimum absolute atomic E-state index is 0.0179. The Balaban J connectivity index is 1.54. The number of aromatic nitrogens is 1. The van der Waals surface area contributed by atoms with Crippen LogP contribution < -0.4 is 5.32 Å². The molecule has 2 heterocycles. The van der Waals surface area contributed by atoms with Gasteiger partial charge in [-0.15, -0.1) is 0 Å². The molecule has 1 aromatic carbocycles. The van der Waals surface area contributed by atoms with E-state index in [2.05, 4.69) is 10.5 Å². The van der Waals surface area contributed by atoms with Crippen LogP contribution in [0.15, 0.2) is 40.9 Å². The van der Waals surface area contributed by atoms with E-state index in [1.54, 1.807) is 6.07 Å². The minimum Gasteiger partial charge on any atom is -0.376 e. The van der Waals surface area contributed by atoms with E-state index in [0.29, 0.717) is 18.9 Å². The van der Waals surface area contributed by atoms with Crippen LogP contribution in [0.25, 0.3) is 11.3 Å². The molecule has 0 bridgehead atoms. The molecule has 25 heavy (non-hydrogen) atoms. The first-order valence-corrected chi connectivity index (χ1v) is 9.94. The summed E-state index contributed by atoms with van der Waals surface area (Å²) in [5.74, 6) is -0.944. The van der Waals surface area contributed by atoms with Crippen molar-refractivity contribution in [3.63, 3.8) is 0 Å². The summed E-state index contributed by atoms with van der Waals surface area (Å²) in [5, 5.41) is 6.40. The van der Waals surface area contributed by atoms with Gasteiger partial charge in [-0.1, -0.05) is 35.5 Å². The Hall–Kier alpha value is -2.19. The van der Waals surface area contributed by atoms with Crippen molar-refractivity contribution >= 4 is 15.7 Å². The molecule has 1 N–H and O–H groups in total. The van der Waals surface area contributed by atoms with E-state index in [1.165, 1.54) is 0 Å². The van der Waals surface area contributed by atoms with Crippen molar-refractivity contribution < 1.29 is 22.5 Å². The van der Waals surface area contributed by atoms with E-state index in [9.17, 15) is 13.2 Å². The third-order valence-electron chi connectivity index (χ3n) is 3.89. The summed E-state index contributed by atoms with van der Waals surface area (Å²) in [4.78, 5) is 11.8. The predicted octanol–water partition coefficient (Wildman–Crippen LogP) is 1.55. The molecule has 134 valence electrons. The third-order valence-corrected chi connectivity index (χ3v) is 5.32. The quantitative estimate of drug-likeness (QED) is 0.800. The van der Waals surface area contributed by atoms with Gasteiger partial charge >= 0.3 is 0 Å². The normalized spacial score (nSPS) is 17.5. The molecule has 0 radical (unpaired) electrons. The van der Waals surface area contributed by atoms with Crippen molar-refractivity contribution in [2.45, 2.75) is 24.7 Å². The van der Waals surface area contributed by atoms with E-state index >= 15 is 0 Å². The van der Waals surface area contributed by atoms with E-state index in [1.807, 2.05) is 30.3 Å². The summed E-state index contributed by atoms with van der Waals surface area (Å²) in [7, 11) is -3.62. The Labute approximate surface area is 146 Å². The molecule has 0 saturated carbocycles. The van der Waals surface area contributed by atoms with Crippen LogP contribution in [0.4, 0.5) is 0 Å². The highest BCUT2D eigenvalue weighted by molar-refractivity contribution is 7.91. The lowest BCUT2D eigenvalue weighted by atomic mass is 10.2. The average molecular weight is 364 g/mol. The maximum Gasteiger partial charge on any atom is 0.235 e. The number of hydrogen-bond acceptors (Lipinski definition) is 6. The van der Waals surface area contributed by atoms with Crippen LogP contribution in [0.5, 0.6) is 0 Å². The van der Waals surface area contributed by atoms with Crippen molar-refractivity contribution in [3.8, 4) is 11.3 Å². The number of rotatable bonds is 7. The lowest BCUT2D eigenvalue weighted by Crippen LogP contribution is -2.36. The zero-order chi connectivity index (χ0) is 17.7. The molecule has 7 nitrogen and oxygen atoms in total. The van der Waals surface area contributed by atoms with Crippen LogP contribution in [0.3, 0.4) is 0 Å². The van der Waals surface area contributed by atoms with Crippen LogP contribution in [0.1, 0.15) is 18.5 Å². The van der Waals surface area contributed by atoms with Crippen LogP contribution in [-0.2, 0) is 25.1 Å². The standard InChI is InChI=1S/C17H20N2O5S/c20-17(18-10-15-7-4-8-23-15)12-25(21,22)11-14-9-16(24-19-14)13-5-2-1-3-6-13/h1-3,5-6,9,15H,4,7-8,10-12H2,(H,18,20). The van der Waals surface area contributed by atoms with Gasteiger partial charge in [-0.05, 0) is 12.8 Å². The third kappa shape index (κ3) is 5.14. The van der Waals surface area contributed by atoms with Gasteiger partial charge in [0, 0.05) is 24.8 Å². The number of carbonyl (C=O) groups excluding carboxylic acids is 1. The van der Waals surface area contributed by atoms with Gasteiger partial charge in [-0.2, -0.15) is 0 Å². The SMILES string of the molecule is O=C(CS(=O)(=O)Cc1cc(-c2ccccc2)on1)NCC1CCCO1. The molecular formula is C17H20N2O5S. The van der Waals surface area contributed by atoms with Crippen molar-refractivity contribution in [1.82, 2.24) is 10.5 Å². The number of carbonyl (C=O) groups is 1. The van der Waals surface area contributed by atoms with Gasteiger partial charge in [0.1, 0.15) is 5.75 Å². The van der Waals surface area contributed by atoms with Gasteiger partial charge in [0.05, 0.1) is 17.6 Å². The number of benzene rings is 1. The summed E-state index contributed by atoms with van der Waals surface area (Å²) in [6.07, 6.45) is 1.83. The summed E-state index contributed by atoms with van der Waals surface area (Å²) < 4.78 is 34.9. The highest BCUT2D eigenvalue weighted by atomic mass is 32.2. The summed E-state index contributed by atoms with van der Waals surface area (Å²) in [6, 6.07) is 10.9. The first-order chi connectivity index (χ1) is 12.0. The van der Waals surface area contributed by atoms with Gasteiger partial charge in [-0.25, -0.2) is 8.42 Å². The van der Waals surface area contributed by atoms with Crippen LogP contribution in [0, 0.1) is 0 Å². The highest BCUT2D eigenvalue weighted by Gasteiger charge is 2.22. The zero-order valence-electron chi connectivity index (χ0n) is 13.7. The number of nitrogens with one attached hydrogen (secondary N) is 1. The van der Waals surface area contributed by atoms with E-state index in [4.69, 9.17) is 9.26 Å². The number of hydrogen-bond donors (Lipinski definition) is 1. The Bertz CT molecular complexity index is 811. The van der Waals surface area contributed by atoms with Gasteiger partial charge in [0.2, 0.25) is 5.91 Å². The molecule has 1 saturated heterocycles. The molecule has 1 aliphatic rings. The fraction of sp³-hybridized carbons (Fsp3) is 0.412. The van der Waals surface area contributed by atoms with E-state index < -0.39 is 21.5 Å². The second-order valence-corrected chi connectivity index (χ2v) is 8.08. The van der Waals surface area contributed by atoms with Crippen molar-refractivity contribution in [1.29, 1.82) is 0 Å². The number of nitrogens with zero attached hydrogens (tertiary/aromatic N) is 1. The second-order valence-electron chi connectivity index (χ2n) is 6.02. The molecule has 1 fully saturated rings. The number of sulfone groups is 1. The maximum absolute atomic E-state index is 12.2. The van der Waals surface area contributed by atoms with Crippen LogP contribution >= 0.6 is 0 Å². The molecule has 8 heteroatoms. The fourth-order valence-corrected chi connectivity index (χ4v) is 3.87. The lowest BCUT2D eigenvalue weighted by Gasteiger charge is -2.10. The molecule has 1 amide bonds. The van der Waals surface area contributed by atoms with Gasteiger partial charge in [0.15, 0.2) is 15.6 Å². The summed E-state index contributed by atoms with van der Waals surface area (Å²) in [5.41, 5.74) is 1.10. The first kappa shape index (κ1) is 17.6. The topological polar surface area (TPSA) is 98.5 Å². The van der Waals surface area contributed by atoms with Crippen LogP contribution in [-0.4, -0.2) is 44.5 Å². The maximum atomic E-state index is 12.2. The molecular weight excluding hydrogens is 344 g/mol. The molecule has 1 atom stereocenters. The Morgan fingerprint density at radius 1 is 1.28 bits per heavy atom. The van der Waals surface area contributed by atoms with E-state index in [-0.39, 0.29) is 17.6 Å². The molecule has 0 spiro atoms. The largest absolute Gasteiger partial charge is 0.376 e. The summed E-state index contributed by atoms with van der Waals surface area (Å²) in [6.45, 7) is 1.03. The minimum atomic E-state index is -3.62. The average Bonchev–Trinajstić information content (AvgIpc) is 3.24. The van der Waals surface area contributed by atoms with Gasteiger partial charge < -0.3 is 14.6 Å². The Morgan fingerprint density at radius 2 is 2.08 bits per heavy atom. The zero-order valence-corrected chi connectivity index (χ0v) is 14.5. The van der Waals surface area contributed by atoms with Crippen molar-refractivity contribution in [2.24, 2.45) is 0 Å². The van der Waals surface area contributed by atoms with Crippen molar-refractivity contribution in [3.05, 3.63) is 42.1 Å². The number of ether oxygens (including phenoxy) is 1. The smallest absolute Gasteiger partial charge is 0.235 e. The molecule has 1 aliphatic heterocycles. The molecule has 1 aromatic heterocycles.